The van der Waals surface area contributed by atoms with Crippen LogP contribution in [0, 0.1) is 5.92 Å². The third kappa shape index (κ3) is 4.94. The Morgan fingerprint density at radius 3 is 2.81 bits per heavy atom. The van der Waals surface area contributed by atoms with Crippen LogP contribution >= 0.6 is 0 Å². The Morgan fingerprint density at radius 2 is 2.04 bits per heavy atom. The molecule has 6 heteroatoms. The van der Waals surface area contributed by atoms with Gasteiger partial charge in [-0.25, -0.2) is 4.98 Å². The number of nitrogens with one attached hydrogen (secondary N) is 3. The molecule has 1 fully saturated rings. The molecule has 1 aromatic carbocycles. The van der Waals surface area contributed by atoms with Gasteiger partial charge in [-0.2, -0.15) is 0 Å². The highest BCUT2D eigenvalue weighted by molar-refractivity contribution is 5.42. The van der Waals surface area contributed by atoms with Gasteiger partial charge in [-0.3, -0.25) is 10.9 Å². The number of rotatable bonds is 9. The van der Waals surface area contributed by atoms with Gasteiger partial charge < -0.3 is 14.8 Å². The normalized spacial score (nSPS) is 19.5. The van der Waals surface area contributed by atoms with Crippen molar-refractivity contribution < 1.29 is 9.47 Å². The van der Waals surface area contributed by atoms with Gasteiger partial charge in [-0.05, 0) is 31.5 Å². The minimum atomic E-state index is 0.467. The van der Waals surface area contributed by atoms with Gasteiger partial charge in [0.05, 0.1) is 6.61 Å². The Bertz CT molecular complexity index is 695. The highest BCUT2D eigenvalue weighted by Gasteiger charge is 2.22. The summed E-state index contributed by atoms with van der Waals surface area (Å²) in [6.07, 6.45) is 2.71. The van der Waals surface area contributed by atoms with Gasteiger partial charge in [0.2, 0.25) is 5.88 Å². The second-order valence-electron chi connectivity index (χ2n) is 6.57. The van der Waals surface area contributed by atoms with Crippen molar-refractivity contribution in [3.63, 3.8) is 0 Å². The third-order valence-electron chi connectivity index (χ3n) is 4.49. The topological polar surface area (TPSA) is 67.4 Å². The van der Waals surface area contributed by atoms with Crippen LogP contribution < -0.4 is 25.6 Å². The number of benzene rings is 1. The molecule has 0 saturated carbocycles. The molecule has 0 aliphatic carbocycles. The fourth-order valence-electron chi connectivity index (χ4n) is 2.91. The highest BCUT2D eigenvalue weighted by atomic mass is 16.5. The van der Waals surface area contributed by atoms with E-state index >= 15 is 0 Å². The summed E-state index contributed by atoms with van der Waals surface area (Å²) in [5.41, 5.74) is 7.47. The fraction of sp³-hybridized carbons (Fsp3) is 0.450. The molecule has 1 aliphatic rings. The molecule has 0 spiro atoms. The smallest absolute Gasteiger partial charge is 0.223 e. The van der Waals surface area contributed by atoms with Gasteiger partial charge in [-0.1, -0.05) is 25.1 Å². The molecule has 3 N–H and O–H groups in total. The van der Waals surface area contributed by atoms with E-state index in [9.17, 15) is 0 Å². The van der Waals surface area contributed by atoms with Crippen molar-refractivity contribution in [1.82, 2.24) is 21.2 Å². The first-order valence-corrected chi connectivity index (χ1v) is 9.30. The van der Waals surface area contributed by atoms with Crippen molar-refractivity contribution >= 4 is 0 Å². The second kappa shape index (κ2) is 9.52. The molecule has 3 rings (SSSR count). The quantitative estimate of drug-likeness (QED) is 0.642. The van der Waals surface area contributed by atoms with E-state index < -0.39 is 0 Å². The van der Waals surface area contributed by atoms with Crippen LogP contribution in [-0.4, -0.2) is 30.7 Å². The summed E-state index contributed by atoms with van der Waals surface area (Å²) < 4.78 is 11.9. The van der Waals surface area contributed by atoms with E-state index in [4.69, 9.17) is 9.47 Å². The molecule has 1 saturated heterocycles. The number of nitrogens with zero attached hydrogens (tertiary/aromatic N) is 1. The molecule has 6 nitrogen and oxygen atoms in total. The summed E-state index contributed by atoms with van der Waals surface area (Å²) in [4.78, 5) is 4.42. The first-order chi connectivity index (χ1) is 12.8. The number of ether oxygens (including phenoxy) is 2. The molecule has 1 aliphatic heterocycles. The van der Waals surface area contributed by atoms with E-state index in [1.54, 1.807) is 6.20 Å². The standard InChI is InChI=1S/C20H28N4O2/c1-3-11-25-18-8-4-5-9-19(18)26-20-16(7-6-10-22-20)12-21-13-17-14-23-24-15(17)2/h4-10,15,17,21,23-24H,3,11-14H2,1-2H3. The predicted molar refractivity (Wildman–Crippen MR) is 102 cm³/mol. The van der Waals surface area contributed by atoms with Crippen LogP contribution in [-0.2, 0) is 6.54 Å². The first-order valence-electron chi connectivity index (χ1n) is 9.30. The molecule has 2 atom stereocenters. The Balaban J connectivity index is 1.64. The maximum Gasteiger partial charge on any atom is 0.223 e. The SMILES string of the molecule is CCCOc1ccccc1Oc1ncccc1CNCC1CNNC1C. The Hall–Kier alpha value is -2.15. The van der Waals surface area contributed by atoms with Crippen LogP contribution in [0.4, 0.5) is 0 Å². The Morgan fingerprint density at radius 1 is 1.19 bits per heavy atom. The average Bonchev–Trinajstić information content (AvgIpc) is 3.07. The summed E-state index contributed by atoms with van der Waals surface area (Å²) in [7, 11) is 0. The summed E-state index contributed by atoms with van der Waals surface area (Å²) in [6.45, 7) is 7.57. The van der Waals surface area contributed by atoms with E-state index in [1.807, 2.05) is 36.4 Å². The number of hydrazine groups is 1. The third-order valence-corrected chi connectivity index (χ3v) is 4.49. The molecule has 2 aromatic rings. The van der Waals surface area contributed by atoms with Crippen LogP contribution in [0.15, 0.2) is 42.6 Å². The lowest BCUT2D eigenvalue weighted by atomic mass is 10.0. The largest absolute Gasteiger partial charge is 0.490 e. The lowest BCUT2D eigenvalue weighted by molar-refractivity contribution is 0.300. The van der Waals surface area contributed by atoms with Gasteiger partial charge in [0, 0.05) is 43.4 Å². The van der Waals surface area contributed by atoms with Crippen molar-refractivity contribution in [1.29, 1.82) is 0 Å². The fourth-order valence-corrected chi connectivity index (χ4v) is 2.91. The van der Waals surface area contributed by atoms with Gasteiger partial charge in [0.1, 0.15) is 0 Å². The monoisotopic (exact) mass is 356 g/mol. The van der Waals surface area contributed by atoms with Gasteiger partial charge in [0.15, 0.2) is 11.5 Å². The van der Waals surface area contributed by atoms with E-state index in [0.717, 1.165) is 30.8 Å². The molecule has 1 aromatic heterocycles. The van der Waals surface area contributed by atoms with Gasteiger partial charge >= 0.3 is 0 Å². The minimum Gasteiger partial charge on any atom is -0.490 e. The number of para-hydroxylation sites is 2. The number of hydrogen-bond acceptors (Lipinski definition) is 6. The van der Waals surface area contributed by atoms with Crippen LogP contribution in [0.5, 0.6) is 17.4 Å². The Kier molecular flexibility index (Phi) is 6.82. The van der Waals surface area contributed by atoms with Crippen LogP contribution in [0.3, 0.4) is 0 Å². The zero-order valence-electron chi connectivity index (χ0n) is 15.5. The number of pyridine rings is 1. The minimum absolute atomic E-state index is 0.467. The van der Waals surface area contributed by atoms with Crippen molar-refractivity contribution in [2.75, 3.05) is 19.7 Å². The maximum atomic E-state index is 6.08. The summed E-state index contributed by atoms with van der Waals surface area (Å²) >= 11 is 0. The first kappa shape index (κ1) is 18.6. The van der Waals surface area contributed by atoms with E-state index in [1.165, 1.54) is 0 Å². The Labute approximate surface area is 155 Å². The van der Waals surface area contributed by atoms with Crippen molar-refractivity contribution in [2.24, 2.45) is 5.92 Å². The van der Waals surface area contributed by atoms with E-state index in [2.05, 4.69) is 35.0 Å². The lowest BCUT2D eigenvalue weighted by Gasteiger charge is -2.16. The van der Waals surface area contributed by atoms with E-state index in [-0.39, 0.29) is 0 Å². The molecule has 0 radical (unpaired) electrons. The molecule has 0 amide bonds. The molecular formula is C20H28N4O2. The second-order valence-corrected chi connectivity index (χ2v) is 6.57. The molecule has 2 heterocycles. The summed E-state index contributed by atoms with van der Waals surface area (Å²) in [5.74, 6) is 2.62. The average molecular weight is 356 g/mol. The number of aromatic nitrogens is 1. The van der Waals surface area contributed by atoms with Crippen molar-refractivity contribution in [3.8, 4) is 17.4 Å². The zero-order chi connectivity index (χ0) is 18.2. The van der Waals surface area contributed by atoms with Crippen LogP contribution in [0.2, 0.25) is 0 Å². The summed E-state index contributed by atoms with van der Waals surface area (Å²) in [5, 5.41) is 3.52. The predicted octanol–water partition coefficient (Wildman–Crippen LogP) is 2.86. The lowest BCUT2D eigenvalue weighted by Crippen LogP contribution is -2.32. The van der Waals surface area contributed by atoms with Crippen LogP contribution in [0.1, 0.15) is 25.8 Å². The van der Waals surface area contributed by atoms with Crippen molar-refractivity contribution in [3.05, 3.63) is 48.2 Å². The molecule has 26 heavy (non-hydrogen) atoms. The maximum absolute atomic E-state index is 6.08. The zero-order valence-corrected chi connectivity index (χ0v) is 15.5. The van der Waals surface area contributed by atoms with Crippen LogP contribution in [0.25, 0.3) is 0 Å². The molecule has 2 unspecified atom stereocenters. The summed E-state index contributed by atoms with van der Waals surface area (Å²) in [6, 6.07) is 12.2. The van der Waals surface area contributed by atoms with Gasteiger partial charge in [0.25, 0.3) is 0 Å². The molecule has 0 bridgehead atoms. The van der Waals surface area contributed by atoms with E-state index in [0.29, 0.717) is 36.7 Å². The highest BCUT2D eigenvalue weighted by Crippen LogP contribution is 2.31. The van der Waals surface area contributed by atoms with Crippen molar-refractivity contribution in [2.45, 2.75) is 32.9 Å². The molecular weight excluding hydrogens is 328 g/mol. The molecule has 140 valence electrons. The number of hydrogen-bond donors (Lipinski definition) is 3. The van der Waals surface area contributed by atoms with Gasteiger partial charge in [-0.15, -0.1) is 0 Å².